The molecule has 3 rings (SSSR count). The molecule has 2 aliphatic rings. The Morgan fingerprint density at radius 2 is 2.19 bits per heavy atom. The van der Waals surface area contributed by atoms with Crippen LogP contribution in [0.4, 0.5) is 0 Å². The van der Waals surface area contributed by atoms with Crippen molar-refractivity contribution < 1.29 is 9.53 Å². The van der Waals surface area contributed by atoms with E-state index in [4.69, 9.17) is 4.74 Å². The van der Waals surface area contributed by atoms with Crippen LogP contribution in [0, 0.1) is 6.92 Å². The Labute approximate surface area is 129 Å². The predicted octanol–water partition coefficient (Wildman–Crippen LogP) is 1.78. The van der Waals surface area contributed by atoms with Gasteiger partial charge in [-0.15, -0.1) is 11.3 Å². The Bertz CT molecular complexity index is 509. The van der Waals surface area contributed by atoms with Crippen molar-refractivity contribution in [3.8, 4) is 0 Å². The number of hydrogen-bond donors (Lipinski definition) is 0. The summed E-state index contributed by atoms with van der Waals surface area (Å²) in [7, 11) is 0. The van der Waals surface area contributed by atoms with Crippen molar-refractivity contribution in [3.05, 3.63) is 16.1 Å². The first-order chi connectivity index (χ1) is 10.1. The highest BCUT2D eigenvalue weighted by molar-refractivity contribution is 7.09. The fourth-order valence-electron chi connectivity index (χ4n) is 3.22. The lowest BCUT2D eigenvalue weighted by molar-refractivity contribution is -0.126. The zero-order chi connectivity index (χ0) is 14.9. The van der Waals surface area contributed by atoms with Gasteiger partial charge >= 0.3 is 0 Å². The van der Waals surface area contributed by atoms with Crippen LogP contribution in [0.3, 0.4) is 0 Å². The standard InChI is InChI=1S/C15H23N3O2S/c1-3-17-6-4-15(5-7-17)11-18(8-9-20-15)14(19)13-10-21-12(2)16-13/h10H,3-9,11H2,1-2H3. The van der Waals surface area contributed by atoms with E-state index in [-0.39, 0.29) is 11.5 Å². The summed E-state index contributed by atoms with van der Waals surface area (Å²) < 4.78 is 6.08. The number of aryl methyl sites for hydroxylation is 1. The van der Waals surface area contributed by atoms with E-state index >= 15 is 0 Å². The number of aromatic nitrogens is 1. The van der Waals surface area contributed by atoms with Gasteiger partial charge in [0.05, 0.1) is 23.8 Å². The number of rotatable bonds is 2. The molecule has 116 valence electrons. The summed E-state index contributed by atoms with van der Waals surface area (Å²) in [5, 5.41) is 2.80. The Kier molecular flexibility index (Phi) is 4.28. The molecule has 0 radical (unpaired) electrons. The fraction of sp³-hybridized carbons (Fsp3) is 0.733. The predicted molar refractivity (Wildman–Crippen MR) is 82.8 cm³/mol. The van der Waals surface area contributed by atoms with E-state index in [0.29, 0.717) is 25.4 Å². The van der Waals surface area contributed by atoms with Crippen molar-refractivity contribution in [1.82, 2.24) is 14.8 Å². The molecule has 1 aromatic heterocycles. The highest BCUT2D eigenvalue weighted by atomic mass is 32.1. The minimum absolute atomic E-state index is 0.0555. The smallest absolute Gasteiger partial charge is 0.273 e. The largest absolute Gasteiger partial charge is 0.371 e. The van der Waals surface area contributed by atoms with Crippen LogP contribution in [0.1, 0.15) is 35.3 Å². The normalized spacial score (nSPS) is 22.7. The number of carbonyl (C=O) groups excluding carboxylic acids is 1. The first-order valence-electron chi connectivity index (χ1n) is 7.70. The molecule has 0 aliphatic carbocycles. The van der Waals surface area contributed by atoms with Crippen LogP contribution >= 0.6 is 11.3 Å². The monoisotopic (exact) mass is 309 g/mol. The quantitative estimate of drug-likeness (QED) is 0.835. The number of thiazole rings is 1. The molecular formula is C15H23N3O2S. The maximum Gasteiger partial charge on any atom is 0.273 e. The average Bonchev–Trinajstić information content (AvgIpc) is 2.94. The highest BCUT2D eigenvalue weighted by Crippen LogP contribution is 2.30. The van der Waals surface area contributed by atoms with Crippen LogP contribution < -0.4 is 0 Å². The van der Waals surface area contributed by atoms with Gasteiger partial charge in [-0.3, -0.25) is 4.79 Å². The minimum Gasteiger partial charge on any atom is -0.371 e. The molecule has 1 aromatic rings. The maximum absolute atomic E-state index is 12.6. The number of hydrogen-bond acceptors (Lipinski definition) is 5. The van der Waals surface area contributed by atoms with E-state index in [1.54, 1.807) is 0 Å². The average molecular weight is 309 g/mol. The third-order valence-corrected chi connectivity index (χ3v) is 5.36. The minimum atomic E-state index is -0.134. The zero-order valence-corrected chi connectivity index (χ0v) is 13.6. The molecule has 21 heavy (non-hydrogen) atoms. The van der Waals surface area contributed by atoms with E-state index < -0.39 is 0 Å². The first-order valence-corrected chi connectivity index (χ1v) is 8.57. The van der Waals surface area contributed by atoms with Crippen LogP contribution in [-0.2, 0) is 4.74 Å². The van der Waals surface area contributed by atoms with Crippen LogP contribution in [0.2, 0.25) is 0 Å². The second-order valence-electron chi connectivity index (χ2n) is 5.94. The summed E-state index contributed by atoms with van der Waals surface area (Å²) in [6, 6.07) is 0. The number of carbonyl (C=O) groups is 1. The number of morpholine rings is 1. The Balaban J connectivity index is 1.67. The van der Waals surface area contributed by atoms with Crippen LogP contribution in [0.25, 0.3) is 0 Å². The molecule has 0 unspecified atom stereocenters. The Morgan fingerprint density at radius 1 is 1.43 bits per heavy atom. The number of nitrogens with zero attached hydrogens (tertiary/aromatic N) is 3. The second kappa shape index (κ2) is 6.02. The molecule has 0 N–H and O–H groups in total. The number of piperidine rings is 1. The summed E-state index contributed by atoms with van der Waals surface area (Å²) in [6.07, 6.45) is 2.03. The summed E-state index contributed by atoms with van der Waals surface area (Å²) in [5.41, 5.74) is 0.450. The van der Waals surface area contributed by atoms with Gasteiger partial charge < -0.3 is 14.5 Å². The van der Waals surface area contributed by atoms with Crippen molar-refractivity contribution in [2.24, 2.45) is 0 Å². The molecule has 1 amide bonds. The third kappa shape index (κ3) is 3.12. The fourth-order valence-corrected chi connectivity index (χ4v) is 3.81. The lowest BCUT2D eigenvalue weighted by Gasteiger charge is -2.47. The Hall–Kier alpha value is -0.980. The number of amides is 1. The van der Waals surface area contributed by atoms with E-state index in [9.17, 15) is 4.79 Å². The van der Waals surface area contributed by atoms with Crippen molar-refractivity contribution >= 4 is 17.2 Å². The highest BCUT2D eigenvalue weighted by Gasteiger charge is 2.41. The van der Waals surface area contributed by atoms with E-state index in [0.717, 1.165) is 37.5 Å². The molecule has 5 nitrogen and oxygen atoms in total. The van der Waals surface area contributed by atoms with Crippen molar-refractivity contribution in [1.29, 1.82) is 0 Å². The van der Waals surface area contributed by atoms with Gasteiger partial charge in [-0.1, -0.05) is 6.92 Å². The topological polar surface area (TPSA) is 45.7 Å². The molecule has 1 spiro atoms. The third-order valence-electron chi connectivity index (χ3n) is 4.59. The van der Waals surface area contributed by atoms with Crippen molar-refractivity contribution in [2.75, 3.05) is 39.3 Å². The number of likely N-dealkylation sites (tertiary alicyclic amines) is 1. The molecule has 2 aliphatic heterocycles. The van der Waals surface area contributed by atoms with Gasteiger partial charge in [-0.25, -0.2) is 4.98 Å². The second-order valence-corrected chi connectivity index (χ2v) is 7.01. The lowest BCUT2D eigenvalue weighted by atomic mass is 9.89. The van der Waals surface area contributed by atoms with E-state index in [1.165, 1.54) is 11.3 Å². The van der Waals surface area contributed by atoms with Crippen LogP contribution in [-0.4, -0.2) is 65.6 Å². The summed E-state index contributed by atoms with van der Waals surface area (Å²) in [5.74, 6) is 0.0555. The SMILES string of the molecule is CCN1CCC2(CC1)CN(C(=O)c1csc(C)n1)CCO2. The van der Waals surface area contributed by atoms with Gasteiger partial charge in [-0.05, 0) is 26.3 Å². The number of ether oxygens (including phenoxy) is 1. The van der Waals surface area contributed by atoms with Gasteiger partial charge in [0.15, 0.2) is 0 Å². The van der Waals surface area contributed by atoms with Crippen molar-refractivity contribution in [3.63, 3.8) is 0 Å². The summed E-state index contributed by atoms with van der Waals surface area (Å²) in [4.78, 5) is 21.3. The molecule has 3 heterocycles. The van der Waals surface area contributed by atoms with Gasteiger partial charge in [0, 0.05) is 25.0 Å². The molecule has 0 saturated carbocycles. The molecule has 2 fully saturated rings. The van der Waals surface area contributed by atoms with Crippen molar-refractivity contribution in [2.45, 2.75) is 32.3 Å². The van der Waals surface area contributed by atoms with E-state index in [1.807, 2.05) is 17.2 Å². The molecule has 0 bridgehead atoms. The Morgan fingerprint density at radius 3 is 2.81 bits per heavy atom. The zero-order valence-electron chi connectivity index (χ0n) is 12.8. The van der Waals surface area contributed by atoms with Gasteiger partial charge in [-0.2, -0.15) is 0 Å². The van der Waals surface area contributed by atoms with Gasteiger partial charge in [0.2, 0.25) is 0 Å². The molecule has 0 atom stereocenters. The maximum atomic E-state index is 12.6. The molecule has 2 saturated heterocycles. The molecule has 0 aromatic carbocycles. The summed E-state index contributed by atoms with van der Waals surface area (Å²) in [6.45, 7) is 9.37. The lowest BCUT2D eigenvalue weighted by Crippen LogP contribution is -2.58. The van der Waals surface area contributed by atoms with E-state index in [2.05, 4.69) is 16.8 Å². The molecule has 6 heteroatoms. The van der Waals surface area contributed by atoms with Gasteiger partial charge in [0.1, 0.15) is 5.69 Å². The van der Waals surface area contributed by atoms with Crippen LogP contribution in [0.5, 0.6) is 0 Å². The first kappa shape index (κ1) is 14.9. The van der Waals surface area contributed by atoms with Crippen LogP contribution in [0.15, 0.2) is 5.38 Å². The van der Waals surface area contributed by atoms with Gasteiger partial charge in [0.25, 0.3) is 5.91 Å². The summed E-state index contributed by atoms with van der Waals surface area (Å²) >= 11 is 1.53. The molecular weight excluding hydrogens is 286 g/mol.